The number of hydrogen-bond acceptors (Lipinski definition) is 5. The molecule has 3 amide bonds. The maximum absolute atomic E-state index is 13.0. The van der Waals surface area contributed by atoms with Crippen LogP contribution in [0.3, 0.4) is 0 Å². The lowest BCUT2D eigenvalue weighted by molar-refractivity contribution is -0.384. The maximum atomic E-state index is 13.0. The highest BCUT2D eigenvalue weighted by molar-refractivity contribution is 6.25. The van der Waals surface area contributed by atoms with Gasteiger partial charge in [0.1, 0.15) is 0 Å². The first-order valence-corrected chi connectivity index (χ1v) is 9.55. The number of hydrogen-bond donors (Lipinski definition) is 1. The molecule has 8 heteroatoms. The zero-order chi connectivity index (χ0) is 21.4. The van der Waals surface area contributed by atoms with Gasteiger partial charge in [-0.25, -0.2) is 4.90 Å². The van der Waals surface area contributed by atoms with Crippen molar-refractivity contribution in [3.8, 4) is 0 Å². The van der Waals surface area contributed by atoms with Crippen molar-refractivity contribution in [2.45, 2.75) is 19.8 Å². The second-order valence-corrected chi connectivity index (χ2v) is 7.49. The normalized spacial score (nSPS) is 20.6. The van der Waals surface area contributed by atoms with Gasteiger partial charge in [0.15, 0.2) is 0 Å². The molecule has 0 unspecified atom stereocenters. The van der Waals surface area contributed by atoms with Crippen LogP contribution in [0.4, 0.5) is 17.1 Å². The summed E-state index contributed by atoms with van der Waals surface area (Å²) in [5.74, 6) is -1.97. The number of fused-ring (bicyclic) bond motifs is 1. The minimum atomic E-state index is -0.559. The highest BCUT2D eigenvalue weighted by Gasteiger charge is 2.49. The monoisotopic (exact) mass is 405 g/mol. The smallest absolute Gasteiger partial charge is 0.271 e. The van der Waals surface area contributed by atoms with Crippen LogP contribution in [-0.4, -0.2) is 22.6 Å². The van der Waals surface area contributed by atoms with Crippen LogP contribution in [0.15, 0.2) is 60.2 Å². The van der Waals surface area contributed by atoms with E-state index in [-0.39, 0.29) is 34.4 Å². The zero-order valence-corrected chi connectivity index (χ0v) is 16.2. The number of benzene rings is 2. The van der Waals surface area contributed by atoms with Gasteiger partial charge in [-0.2, -0.15) is 0 Å². The molecule has 152 valence electrons. The van der Waals surface area contributed by atoms with Crippen LogP contribution in [0.25, 0.3) is 0 Å². The topological polar surface area (TPSA) is 110 Å². The molecule has 0 bridgehead atoms. The fraction of sp³-hybridized carbons (Fsp3) is 0.227. The number of anilines is 2. The standard InChI is InChI=1S/C22H19N3O5/c1-13-9-10-16-18(11-13)22(28)24(21(16)27)19-8-3-2-7-17(19)20(26)23-14-5-4-6-15(12-14)25(29)30/h2-9,12,16,18H,10-11H2,1H3,(H,23,26)/t16-,18+/m1/s1. The van der Waals surface area contributed by atoms with E-state index in [1.54, 1.807) is 18.2 Å². The molecule has 1 N–H and O–H groups in total. The first-order chi connectivity index (χ1) is 14.4. The SMILES string of the molecule is CC1=CC[C@H]2C(=O)N(c3ccccc3C(=O)Nc3cccc([N+](=O)[O-])c3)C(=O)[C@H]2C1. The Balaban J connectivity index is 1.64. The van der Waals surface area contributed by atoms with E-state index in [0.717, 1.165) is 10.5 Å². The molecule has 8 nitrogen and oxygen atoms in total. The molecule has 0 saturated carbocycles. The lowest BCUT2D eigenvalue weighted by Crippen LogP contribution is -2.33. The van der Waals surface area contributed by atoms with Gasteiger partial charge in [0.2, 0.25) is 11.8 Å². The molecule has 1 heterocycles. The van der Waals surface area contributed by atoms with Crippen LogP contribution in [-0.2, 0) is 9.59 Å². The molecule has 2 aliphatic rings. The quantitative estimate of drug-likeness (QED) is 0.361. The van der Waals surface area contributed by atoms with Crippen molar-refractivity contribution >= 4 is 34.8 Å². The molecule has 2 atom stereocenters. The second kappa shape index (κ2) is 7.55. The third-order valence-corrected chi connectivity index (χ3v) is 5.53. The average molecular weight is 405 g/mol. The lowest BCUT2D eigenvalue weighted by Gasteiger charge is -2.19. The van der Waals surface area contributed by atoms with Crippen molar-refractivity contribution in [3.05, 3.63) is 75.9 Å². The third-order valence-electron chi connectivity index (χ3n) is 5.53. The predicted octanol–water partition coefficient (Wildman–Crippen LogP) is 3.69. The fourth-order valence-corrected chi connectivity index (χ4v) is 4.03. The van der Waals surface area contributed by atoms with Crippen LogP contribution in [0, 0.1) is 22.0 Å². The summed E-state index contributed by atoms with van der Waals surface area (Å²) in [4.78, 5) is 50.4. The summed E-state index contributed by atoms with van der Waals surface area (Å²) in [5, 5.41) is 13.6. The number of nitro benzene ring substituents is 1. The first kappa shape index (κ1) is 19.5. The maximum Gasteiger partial charge on any atom is 0.271 e. The molecule has 0 radical (unpaired) electrons. The number of carbonyl (C=O) groups is 3. The predicted molar refractivity (Wildman–Crippen MR) is 110 cm³/mol. The van der Waals surface area contributed by atoms with Crippen LogP contribution >= 0.6 is 0 Å². The minimum absolute atomic E-state index is 0.147. The van der Waals surface area contributed by atoms with Crippen LogP contribution < -0.4 is 10.2 Å². The highest BCUT2D eigenvalue weighted by atomic mass is 16.6. The Morgan fingerprint density at radius 2 is 1.83 bits per heavy atom. The van der Waals surface area contributed by atoms with Gasteiger partial charge in [-0.1, -0.05) is 29.8 Å². The molecule has 0 aromatic heterocycles. The van der Waals surface area contributed by atoms with Crippen molar-refractivity contribution in [1.29, 1.82) is 0 Å². The molecular formula is C22H19N3O5. The Bertz CT molecular complexity index is 1110. The number of nitrogens with one attached hydrogen (secondary N) is 1. The fourth-order valence-electron chi connectivity index (χ4n) is 4.03. The average Bonchev–Trinajstić information content (AvgIpc) is 2.97. The van der Waals surface area contributed by atoms with Gasteiger partial charge in [0, 0.05) is 17.8 Å². The third kappa shape index (κ3) is 3.36. The van der Waals surface area contributed by atoms with E-state index in [0.29, 0.717) is 12.8 Å². The molecule has 1 fully saturated rings. The van der Waals surface area contributed by atoms with Gasteiger partial charge in [-0.15, -0.1) is 0 Å². The molecule has 1 saturated heterocycles. The summed E-state index contributed by atoms with van der Waals surface area (Å²) in [5.41, 5.74) is 1.54. The Kier molecular flexibility index (Phi) is 4.91. The second-order valence-electron chi connectivity index (χ2n) is 7.49. The molecular weight excluding hydrogens is 386 g/mol. The van der Waals surface area contributed by atoms with Crippen molar-refractivity contribution in [3.63, 3.8) is 0 Å². The van der Waals surface area contributed by atoms with Crippen LogP contribution in [0.1, 0.15) is 30.1 Å². The van der Waals surface area contributed by atoms with Gasteiger partial charge >= 0.3 is 0 Å². The highest BCUT2D eigenvalue weighted by Crippen LogP contribution is 2.40. The summed E-state index contributed by atoms with van der Waals surface area (Å²) >= 11 is 0. The van der Waals surface area contributed by atoms with E-state index in [1.165, 1.54) is 30.3 Å². The number of nitrogens with zero attached hydrogens (tertiary/aromatic N) is 2. The molecule has 1 aliphatic heterocycles. The van der Waals surface area contributed by atoms with Gasteiger partial charge in [0.25, 0.3) is 11.6 Å². The van der Waals surface area contributed by atoms with Gasteiger partial charge in [-0.05, 0) is 38.0 Å². The van der Waals surface area contributed by atoms with E-state index in [4.69, 9.17) is 0 Å². The number of nitro groups is 1. The van der Waals surface area contributed by atoms with E-state index in [2.05, 4.69) is 5.32 Å². The Morgan fingerprint density at radius 3 is 2.60 bits per heavy atom. The molecule has 2 aromatic carbocycles. The summed E-state index contributed by atoms with van der Waals surface area (Å²) in [6, 6.07) is 11.9. The number of rotatable bonds is 4. The molecule has 4 rings (SSSR count). The lowest BCUT2D eigenvalue weighted by atomic mass is 9.82. The molecule has 2 aromatic rings. The van der Waals surface area contributed by atoms with Crippen LogP contribution in [0.2, 0.25) is 0 Å². The number of non-ortho nitro benzene ring substituents is 1. The molecule has 0 spiro atoms. The number of amides is 3. The Hall–Kier alpha value is -3.81. The molecule has 30 heavy (non-hydrogen) atoms. The number of para-hydroxylation sites is 1. The van der Waals surface area contributed by atoms with Crippen molar-refractivity contribution in [1.82, 2.24) is 0 Å². The molecule has 1 aliphatic carbocycles. The minimum Gasteiger partial charge on any atom is -0.322 e. The van der Waals surface area contributed by atoms with E-state index in [1.807, 2.05) is 13.0 Å². The zero-order valence-electron chi connectivity index (χ0n) is 16.2. The number of allylic oxidation sites excluding steroid dienone is 2. The summed E-state index contributed by atoms with van der Waals surface area (Å²) < 4.78 is 0. The van der Waals surface area contributed by atoms with Gasteiger partial charge in [-0.3, -0.25) is 24.5 Å². The van der Waals surface area contributed by atoms with Gasteiger partial charge in [0.05, 0.1) is 28.0 Å². The van der Waals surface area contributed by atoms with Crippen molar-refractivity contribution < 1.29 is 19.3 Å². The van der Waals surface area contributed by atoms with E-state index < -0.39 is 22.7 Å². The largest absolute Gasteiger partial charge is 0.322 e. The van der Waals surface area contributed by atoms with Crippen molar-refractivity contribution in [2.75, 3.05) is 10.2 Å². The van der Waals surface area contributed by atoms with Gasteiger partial charge < -0.3 is 5.32 Å². The van der Waals surface area contributed by atoms with Crippen LogP contribution in [0.5, 0.6) is 0 Å². The van der Waals surface area contributed by atoms with E-state index >= 15 is 0 Å². The Labute approximate surface area is 172 Å². The van der Waals surface area contributed by atoms with E-state index in [9.17, 15) is 24.5 Å². The number of imide groups is 1. The van der Waals surface area contributed by atoms with Crippen molar-refractivity contribution in [2.24, 2.45) is 11.8 Å². The summed E-state index contributed by atoms with van der Waals surface area (Å²) in [6.45, 7) is 1.94. The summed E-state index contributed by atoms with van der Waals surface area (Å²) in [6.07, 6.45) is 3.03. The number of carbonyl (C=O) groups excluding carboxylic acids is 3. The Morgan fingerprint density at radius 1 is 1.10 bits per heavy atom. The summed E-state index contributed by atoms with van der Waals surface area (Å²) in [7, 11) is 0. The first-order valence-electron chi connectivity index (χ1n) is 9.55.